The molecular weight excluding hydrogens is 301 g/mol. The van der Waals surface area contributed by atoms with Crippen LogP contribution in [0.15, 0.2) is 12.1 Å². The van der Waals surface area contributed by atoms with E-state index >= 15 is 0 Å². The lowest BCUT2D eigenvalue weighted by Gasteiger charge is -2.24. The Morgan fingerprint density at radius 3 is 2.52 bits per heavy atom. The van der Waals surface area contributed by atoms with E-state index in [0.29, 0.717) is 13.1 Å². The standard InChI is InChI=1S/C13H17ClFN3O3/c1-4-17(5-2)13(19)8(3)16-11-7-10(15)9(14)6-12(11)18(20)21/h6-8,16H,4-5H2,1-3H3. The first-order chi connectivity index (χ1) is 9.81. The van der Waals surface area contributed by atoms with Gasteiger partial charge in [-0.05, 0) is 20.8 Å². The van der Waals surface area contributed by atoms with Gasteiger partial charge in [-0.15, -0.1) is 0 Å². The second-order valence-electron chi connectivity index (χ2n) is 4.42. The van der Waals surface area contributed by atoms with Crippen molar-refractivity contribution in [3.8, 4) is 0 Å². The van der Waals surface area contributed by atoms with E-state index in [1.807, 2.05) is 13.8 Å². The van der Waals surface area contributed by atoms with E-state index < -0.39 is 16.8 Å². The molecule has 1 N–H and O–H groups in total. The van der Waals surface area contributed by atoms with E-state index in [0.717, 1.165) is 12.1 Å². The summed E-state index contributed by atoms with van der Waals surface area (Å²) in [6.07, 6.45) is 0. The van der Waals surface area contributed by atoms with Crippen LogP contribution in [-0.4, -0.2) is 34.9 Å². The third kappa shape index (κ3) is 4.04. The van der Waals surface area contributed by atoms with Crippen molar-refractivity contribution in [2.45, 2.75) is 26.8 Å². The fourth-order valence-corrected chi connectivity index (χ4v) is 2.07. The summed E-state index contributed by atoms with van der Waals surface area (Å²) in [5, 5.41) is 13.3. The van der Waals surface area contributed by atoms with Gasteiger partial charge in [0.05, 0.1) is 9.95 Å². The van der Waals surface area contributed by atoms with Gasteiger partial charge in [-0.25, -0.2) is 4.39 Å². The van der Waals surface area contributed by atoms with Crippen LogP contribution in [0.3, 0.4) is 0 Å². The van der Waals surface area contributed by atoms with E-state index in [-0.39, 0.29) is 22.3 Å². The Labute approximate surface area is 127 Å². The van der Waals surface area contributed by atoms with Crippen LogP contribution in [0.2, 0.25) is 5.02 Å². The number of nitrogens with zero attached hydrogens (tertiary/aromatic N) is 2. The highest BCUT2D eigenvalue weighted by molar-refractivity contribution is 6.31. The number of amides is 1. The number of likely N-dealkylation sites (N-methyl/N-ethyl adjacent to an activating group) is 1. The van der Waals surface area contributed by atoms with Crippen LogP contribution in [0.4, 0.5) is 15.8 Å². The topological polar surface area (TPSA) is 75.5 Å². The molecule has 0 spiro atoms. The maximum absolute atomic E-state index is 13.5. The summed E-state index contributed by atoms with van der Waals surface area (Å²) < 4.78 is 13.5. The predicted octanol–water partition coefficient (Wildman–Crippen LogP) is 3.06. The second kappa shape index (κ2) is 7.21. The van der Waals surface area contributed by atoms with Crippen molar-refractivity contribution < 1.29 is 14.1 Å². The van der Waals surface area contributed by atoms with Crippen molar-refractivity contribution >= 4 is 28.9 Å². The Bertz CT molecular complexity index is 550. The number of hydrogen-bond donors (Lipinski definition) is 1. The van der Waals surface area contributed by atoms with Gasteiger partial charge in [0.25, 0.3) is 5.69 Å². The van der Waals surface area contributed by atoms with E-state index in [1.165, 1.54) is 0 Å². The molecule has 0 aliphatic carbocycles. The van der Waals surface area contributed by atoms with Crippen molar-refractivity contribution in [2.24, 2.45) is 0 Å². The number of nitrogens with one attached hydrogen (secondary N) is 1. The fraction of sp³-hybridized carbons (Fsp3) is 0.462. The molecule has 0 radical (unpaired) electrons. The van der Waals surface area contributed by atoms with Gasteiger partial charge in [-0.2, -0.15) is 0 Å². The quantitative estimate of drug-likeness (QED) is 0.646. The second-order valence-corrected chi connectivity index (χ2v) is 4.82. The van der Waals surface area contributed by atoms with E-state index in [4.69, 9.17) is 11.6 Å². The van der Waals surface area contributed by atoms with Crippen LogP contribution in [-0.2, 0) is 4.79 Å². The van der Waals surface area contributed by atoms with E-state index in [1.54, 1.807) is 11.8 Å². The Balaban J connectivity index is 3.04. The lowest BCUT2D eigenvalue weighted by Crippen LogP contribution is -2.41. The summed E-state index contributed by atoms with van der Waals surface area (Å²) in [7, 11) is 0. The Hall–Kier alpha value is -1.89. The SMILES string of the molecule is CCN(CC)C(=O)C(C)Nc1cc(F)c(Cl)cc1[N+](=O)[O-]. The minimum atomic E-state index is -0.785. The zero-order valence-electron chi connectivity index (χ0n) is 12.0. The van der Waals surface area contributed by atoms with Crippen LogP contribution in [0, 0.1) is 15.9 Å². The molecule has 1 aromatic rings. The highest BCUT2D eigenvalue weighted by Crippen LogP contribution is 2.30. The van der Waals surface area contributed by atoms with Crippen LogP contribution in [0.25, 0.3) is 0 Å². The maximum Gasteiger partial charge on any atom is 0.294 e. The molecule has 0 bridgehead atoms. The summed E-state index contributed by atoms with van der Waals surface area (Å²) in [6, 6.07) is 1.13. The zero-order chi connectivity index (χ0) is 16.2. The van der Waals surface area contributed by atoms with Crippen LogP contribution < -0.4 is 5.32 Å². The number of carbonyl (C=O) groups is 1. The van der Waals surface area contributed by atoms with Gasteiger partial charge in [0.1, 0.15) is 17.5 Å². The Morgan fingerprint density at radius 1 is 1.48 bits per heavy atom. The van der Waals surface area contributed by atoms with Gasteiger partial charge in [0.15, 0.2) is 0 Å². The summed E-state index contributed by atoms with van der Waals surface area (Å²) in [6.45, 7) is 6.28. The fourth-order valence-electron chi connectivity index (χ4n) is 1.91. The number of rotatable bonds is 6. The molecule has 116 valence electrons. The van der Waals surface area contributed by atoms with Crippen molar-refractivity contribution in [2.75, 3.05) is 18.4 Å². The minimum absolute atomic E-state index is 0.0742. The average Bonchev–Trinajstić information content (AvgIpc) is 2.43. The van der Waals surface area contributed by atoms with E-state index in [9.17, 15) is 19.3 Å². The van der Waals surface area contributed by atoms with Gasteiger partial charge < -0.3 is 10.2 Å². The molecule has 0 fully saturated rings. The number of anilines is 1. The summed E-state index contributed by atoms with van der Waals surface area (Å²) in [5.74, 6) is -1.00. The molecule has 0 heterocycles. The lowest BCUT2D eigenvalue weighted by molar-refractivity contribution is -0.384. The van der Waals surface area contributed by atoms with Gasteiger partial charge in [0, 0.05) is 25.2 Å². The number of hydrogen-bond acceptors (Lipinski definition) is 4. The smallest absolute Gasteiger partial charge is 0.294 e. The summed E-state index contributed by atoms with van der Waals surface area (Å²) in [4.78, 5) is 24.0. The first-order valence-corrected chi connectivity index (χ1v) is 6.88. The Kier molecular flexibility index (Phi) is 5.90. The first kappa shape index (κ1) is 17.2. The summed E-state index contributed by atoms with van der Waals surface area (Å²) in [5.41, 5.74) is -0.449. The van der Waals surface area contributed by atoms with Crippen LogP contribution >= 0.6 is 11.6 Å². The minimum Gasteiger partial charge on any atom is -0.368 e. The molecule has 6 nitrogen and oxygen atoms in total. The van der Waals surface area contributed by atoms with Crippen molar-refractivity contribution in [1.29, 1.82) is 0 Å². The number of halogens is 2. The monoisotopic (exact) mass is 317 g/mol. The molecule has 8 heteroatoms. The van der Waals surface area contributed by atoms with Crippen molar-refractivity contribution in [3.63, 3.8) is 0 Å². The van der Waals surface area contributed by atoms with Gasteiger partial charge >= 0.3 is 0 Å². The summed E-state index contributed by atoms with van der Waals surface area (Å²) >= 11 is 5.54. The molecule has 1 aromatic carbocycles. The number of carbonyl (C=O) groups excluding carboxylic acids is 1. The highest BCUT2D eigenvalue weighted by atomic mass is 35.5. The van der Waals surface area contributed by atoms with Crippen LogP contribution in [0.5, 0.6) is 0 Å². The number of benzene rings is 1. The van der Waals surface area contributed by atoms with Crippen LogP contribution in [0.1, 0.15) is 20.8 Å². The largest absolute Gasteiger partial charge is 0.368 e. The van der Waals surface area contributed by atoms with Crippen molar-refractivity contribution in [3.05, 3.63) is 33.1 Å². The average molecular weight is 318 g/mol. The number of nitro groups is 1. The number of nitro benzene ring substituents is 1. The molecule has 1 unspecified atom stereocenters. The zero-order valence-corrected chi connectivity index (χ0v) is 12.8. The predicted molar refractivity (Wildman–Crippen MR) is 79.1 cm³/mol. The first-order valence-electron chi connectivity index (χ1n) is 6.50. The lowest BCUT2D eigenvalue weighted by atomic mass is 10.2. The van der Waals surface area contributed by atoms with Crippen molar-refractivity contribution in [1.82, 2.24) is 4.90 Å². The van der Waals surface area contributed by atoms with Gasteiger partial charge in [-0.3, -0.25) is 14.9 Å². The molecule has 21 heavy (non-hydrogen) atoms. The normalized spacial score (nSPS) is 11.9. The maximum atomic E-state index is 13.5. The molecule has 0 aromatic heterocycles. The molecule has 0 saturated heterocycles. The molecule has 0 aliphatic heterocycles. The third-order valence-corrected chi connectivity index (χ3v) is 3.34. The molecule has 1 rings (SSSR count). The highest BCUT2D eigenvalue weighted by Gasteiger charge is 2.23. The third-order valence-electron chi connectivity index (χ3n) is 3.05. The van der Waals surface area contributed by atoms with E-state index in [2.05, 4.69) is 5.32 Å². The molecule has 1 atom stereocenters. The van der Waals surface area contributed by atoms with Gasteiger partial charge in [-0.1, -0.05) is 11.6 Å². The molecule has 0 aliphatic rings. The molecular formula is C13H17ClFN3O3. The molecule has 0 saturated carbocycles. The molecule has 1 amide bonds. The Morgan fingerprint density at radius 2 is 2.05 bits per heavy atom. The van der Waals surface area contributed by atoms with Gasteiger partial charge in [0.2, 0.25) is 5.91 Å².